The molecule has 2 rings (SSSR count). The molecule has 26 heavy (non-hydrogen) atoms. The fraction of sp³-hybridized carbons (Fsp3) is 0.778. The molecule has 0 spiro atoms. The molecule has 146 valence electrons. The van der Waals surface area contributed by atoms with Crippen molar-refractivity contribution < 1.29 is 23.6 Å². The first-order valence-corrected chi connectivity index (χ1v) is 9.07. The molecule has 1 aromatic rings. The van der Waals surface area contributed by atoms with Crippen molar-refractivity contribution in [2.75, 3.05) is 13.2 Å². The second-order valence-corrected chi connectivity index (χ2v) is 8.57. The Hall–Kier alpha value is -1.38. The van der Waals surface area contributed by atoms with Gasteiger partial charge in [0.1, 0.15) is 5.60 Å². The maximum absolute atomic E-state index is 11.6. The van der Waals surface area contributed by atoms with Gasteiger partial charge in [0.25, 0.3) is 0 Å². The fourth-order valence-electron chi connectivity index (χ4n) is 2.41. The summed E-state index contributed by atoms with van der Waals surface area (Å²) in [5, 5.41) is 4.32. The van der Waals surface area contributed by atoms with Gasteiger partial charge in [-0.15, -0.1) is 0 Å². The Balaban J connectivity index is 1.72. The lowest BCUT2D eigenvalue weighted by molar-refractivity contribution is -0.156. The lowest BCUT2D eigenvalue weighted by Crippen LogP contribution is -2.41. The first-order chi connectivity index (χ1) is 11.9. The number of carbonyl (C=O) groups is 1. The molecule has 1 fully saturated rings. The Labute approximate surface area is 156 Å². The summed E-state index contributed by atoms with van der Waals surface area (Å²) in [5.74, 6) is -0.250. The van der Waals surface area contributed by atoms with Crippen LogP contribution in [0.25, 0.3) is 0 Å². The van der Waals surface area contributed by atoms with Crippen LogP contribution < -0.4 is 5.46 Å². The maximum Gasteiger partial charge on any atom is 0.498 e. The van der Waals surface area contributed by atoms with Crippen molar-refractivity contribution in [3.63, 3.8) is 0 Å². The molecule has 2 heterocycles. The van der Waals surface area contributed by atoms with E-state index in [4.69, 9.17) is 18.8 Å². The van der Waals surface area contributed by atoms with Crippen molar-refractivity contribution in [2.24, 2.45) is 0 Å². The highest BCUT2D eigenvalue weighted by atomic mass is 16.7. The minimum atomic E-state index is -0.462. The normalized spacial score (nSPS) is 19.0. The number of esters is 1. The molecule has 0 radical (unpaired) electrons. The molecule has 0 aromatic carbocycles. The summed E-state index contributed by atoms with van der Waals surface area (Å²) < 4.78 is 24.5. The van der Waals surface area contributed by atoms with Gasteiger partial charge in [0.2, 0.25) is 0 Å². The average Bonchev–Trinajstić information content (AvgIpc) is 2.99. The van der Waals surface area contributed by atoms with E-state index in [-0.39, 0.29) is 23.6 Å². The van der Waals surface area contributed by atoms with Gasteiger partial charge < -0.3 is 18.8 Å². The minimum Gasteiger partial charge on any atom is -0.460 e. The Kier molecular flexibility index (Phi) is 6.20. The molecule has 0 unspecified atom stereocenters. The van der Waals surface area contributed by atoms with Crippen LogP contribution in [0.3, 0.4) is 0 Å². The summed E-state index contributed by atoms with van der Waals surface area (Å²) in [4.78, 5) is 11.6. The number of ether oxygens (including phenoxy) is 2. The van der Waals surface area contributed by atoms with Crippen LogP contribution in [-0.4, -0.2) is 52.9 Å². The number of aromatic nitrogens is 2. The van der Waals surface area contributed by atoms with Gasteiger partial charge >= 0.3 is 13.1 Å². The van der Waals surface area contributed by atoms with Crippen LogP contribution in [-0.2, 0) is 30.1 Å². The summed E-state index contributed by atoms with van der Waals surface area (Å²) in [6, 6.07) is 0. The monoisotopic (exact) mass is 366 g/mol. The number of hydrogen-bond donors (Lipinski definition) is 0. The van der Waals surface area contributed by atoms with E-state index >= 15 is 0 Å². The highest BCUT2D eigenvalue weighted by Crippen LogP contribution is 2.36. The molecule has 0 amide bonds. The van der Waals surface area contributed by atoms with Crippen molar-refractivity contribution in [3.05, 3.63) is 12.4 Å². The zero-order valence-electron chi connectivity index (χ0n) is 17.0. The zero-order valence-corrected chi connectivity index (χ0v) is 17.0. The maximum atomic E-state index is 11.6. The van der Waals surface area contributed by atoms with Crippen molar-refractivity contribution in [1.82, 2.24) is 9.78 Å². The van der Waals surface area contributed by atoms with E-state index in [0.717, 1.165) is 5.46 Å². The van der Waals surface area contributed by atoms with E-state index in [1.807, 2.05) is 54.7 Å². The molecule has 1 aliphatic heterocycles. The van der Waals surface area contributed by atoms with Gasteiger partial charge in [-0.25, -0.2) is 0 Å². The smallest absolute Gasteiger partial charge is 0.460 e. The van der Waals surface area contributed by atoms with E-state index in [1.54, 1.807) is 10.9 Å². The molecule has 1 saturated heterocycles. The van der Waals surface area contributed by atoms with Gasteiger partial charge in [-0.2, -0.15) is 5.10 Å². The van der Waals surface area contributed by atoms with E-state index in [9.17, 15) is 4.79 Å². The Morgan fingerprint density at radius 3 is 2.38 bits per heavy atom. The molecular formula is C18H31BN2O5. The summed E-state index contributed by atoms with van der Waals surface area (Å²) in [6.07, 6.45) is 3.90. The van der Waals surface area contributed by atoms with Crippen molar-refractivity contribution >= 4 is 18.6 Å². The Morgan fingerprint density at radius 1 is 1.19 bits per heavy atom. The van der Waals surface area contributed by atoms with E-state index in [0.29, 0.717) is 19.8 Å². The van der Waals surface area contributed by atoms with E-state index < -0.39 is 12.7 Å². The quantitative estimate of drug-likeness (QED) is 0.417. The predicted molar refractivity (Wildman–Crippen MR) is 99.2 cm³/mol. The summed E-state index contributed by atoms with van der Waals surface area (Å²) in [7, 11) is -0.415. The minimum absolute atomic E-state index is 0.246. The zero-order chi connectivity index (χ0) is 19.6. The lowest BCUT2D eigenvalue weighted by atomic mass is 9.82. The van der Waals surface area contributed by atoms with Crippen LogP contribution >= 0.6 is 0 Å². The SMILES string of the molecule is CC(C)(C)OC(=O)CCOCCn1cc(B2OC(C)(C)C(C)(C)O2)cn1. The third kappa shape index (κ3) is 5.56. The van der Waals surface area contributed by atoms with Gasteiger partial charge in [-0.1, -0.05) is 0 Å². The topological polar surface area (TPSA) is 71.8 Å². The molecule has 8 heteroatoms. The molecule has 0 saturated carbocycles. The standard InChI is InChI=1S/C18H31BN2O5/c1-16(2,3)24-15(22)8-10-23-11-9-21-13-14(12-20-21)19-25-17(4,5)18(6,7)26-19/h12-13H,8-11H2,1-7H3. The van der Waals surface area contributed by atoms with Crippen LogP contribution in [0, 0.1) is 0 Å². The van der Waals surface area contributed by atoms with Crippen molar-refractivity contribution in [3.8, 4) is 0 Å². The van der Waals surface area contributed by atoms with Gasteiger partial charge in [0.05, 0.1) is 37.4 Å². The number of hydrogen-bond acceptors (Lipinski definition) is 6. The summed E-state index contributed by atoms with van der Waals surface area (Å²) in [5.41, 5.74) is -0.317. The third-order valence-electron chi connectivity index (χ3n) is 4.51. The molecule has 0 atom stereocenters. The molecule has 0 bridgehead atoms. The second kappa shape index (κ2) is 7.70. The van der Waals surface area contributed by atoms with Crippen LogP contribution in [0.15, 0.2) is 12.4 Å². The fourth-order valence-corrected chi connectivity index (χ4v) is 2.41. The Bertz CT molecular complexity index is 605. The number of carbonyl (C=O) groups excluding carboxylic acids is 1. The molecule has 1 aromatic heterocycles. The number of rotatable bonds is 7. The lowest BCUT2D eigenvalue weighted by Gasteiger charge is -2.32. The molecular weight excluding hydrogens is 335 g/mol. The second-order valence-electron chi connectivity index (χ2n) is 8.57. The highest BCUT2D eigenvalue weighted by Gasteiger charge is 2.52. The van der Waals surface area contributed by atoms with E-state index in [2.05, 4.69) is 5.10 Å². The van der Waals surface area contributed by atoms with Crippen molar-refractivity contribution in [1.29, 1.82) is 0 Å². The first-order valence-electron chi connectivity index (χ1n) is 9.07. The highest BCUT2D eigenvalue weighted by molar-refractivity contribution is 6.61. The Morgan fingerprint density at radius 2 is 1.81 bits per heavy atom. The largest absolute Gasteiger partial charge is 0.498 e. The number of nitrogens with zero attached hydrogens (tertiary/aromatic N) is 2. The average molecular weight is 366 g/mol. The van der Waals surface area contributed by atoms with E-state index in [1.165, 1.54) is 0 Å². The molecule has 1 aliphatic rings. The van der Waals surface area contributed by atoms with Crippen LogP contribution in [0.5, 0.6) is 0 Å². The molecule has 7 nitrogen and oxygen atoms in total. The van der Waals surface area contributed by atoms with Crippen LogP contribution in [0.1, 0.15) is 54.9 Å². The molecule has 0 N–H and O–H groups in total. The van der Waals surface area contributed by atoms with Crippen LogP contribution in [0.4, 0.5) is 0 Å². The van der Waals surface area contributed by atoms with Gasteiger partial charge in [-0.05, 0) is 48.5 Å². The summed E-state index contributed by atoms with van der Waals surface area (Å²) >= 11 is 0. The van der Waals surface area contributed by atoms with Gasteiger partial charge in [0.15, 0.2) is 0 Å². The van der Waals surface area contributed by atoms with Crippen molar-refractivity contribution in [2.45, 2.75) is 78.2 Å². The predicted octanol–water partition coefficient (Wildman–Crippen LogP) is 1.93. The summed E-state index contributed by atoms with van der Waals surface area (Å²) in [6.45, 7) is 15.0. The van der Waals surface area contributed by atoms with Gasteiger partial charge in [-0.3, -0.25) is 9.48 Å². The molecule has 0 aliphatic carbocycles. The third-order valence-corrected chi connectivity index (χ3v) is 4.51. The first kappa shape index (κ1) is 20.9. The van der Waals surface area contributed by atoms with Crippen LogP contribution in [0.2, 0.25) is 0 Å². The van der Waals surface area contributed by atoms with Gasteiger partial charge in [0, 0.05) is 17.9 Å².